The molecule has 0 radical (unpaired) electrons. The Balaban J connectivity index is 1.23. The highest BCUT2D eigenvalue weighted by Gasteiger charge is 2.21. The van der Waals surface area contributed by atoms with E-state index < -0.39 is 0 Å². The maximum Gasteiger partial charge on any atom is 0.170 e. The van der Waals surface area contributed by atoms with Crippen LogP contribution in [0.5, 0.6) is 23.0 Å². The Labute approximate surface area is 253 Å². The van der Waals surface area contributed by atoms with E-state index in [4.69, 9.17) is 24.4 Å². The van der Waals surface area contributed by atoms with Crippen molar-refractivity contribution in [3.8, 4) is 57.2 Å². The minimum absolute atomic E-state index is 0.558. The van der Waals surface area contributed by atoms with Gasteiger partial charge in [-0.3, -0.25) is 0 Å². The molecule has 0 amide bonds. The summed E-state index contributed by atoms with van der Waals surface area (Å²) in [6.07, 6.45) is 0. The summed E-state index contributed by atoms with van der Waals surface area (Å²) >= 11 is 0. The molecule has 0 saturated carbocycles. The Hall–Kier alpha value is -6.07. The highest BCUT2D eigenvalue weighted by Crippen LogP contribution is 2.46. The average molecular weight is 566 g/mol. The fourth-order valence-corrected chi connectivity index (χ4v) is 6.06. The van der Waals surface area contributed by atoms with Crippen LogP contribution in [0, 0.1) is 0 Å². The van der Waals surface area contributed by atoms with E-state index in [1.54, 1.807) is 0 Å². The van der Waals surface area contributed by atoms with E-state index in [-0.39, 0.29) is 0 Å². The van der Waals surface area contributed by atoms with Crippen LogP contribution in [0.2, 0.25) is 0 Å². The van der Waals surface area contributed by atoms with Crippen molar-refractivity contribution >= 4 is 32.3 Å². The van der Waals surface area contributed by atoms with Crippen molar-refractivity contribution < 1.29 is 9.47 Å². The normalized spacial score (nSPS) is 12.0. The minimum Gasteiger partial charge on any atom is -0.450 e. The molecule has 5 nitrogen and oxygen atoms in total. The van der Waals surface area contributed by atoms with Gasteiger partial charge in [-0.2, -0.15) is 0 Å². The molecule has 5 heteroatoms. The molecule has 1 aromatic heterocycles. The number of nitrogens with zero attached hydrogens (tertiary/aromatic N) is 3. The maximum atomic E-state index is 6.20. The lowest BCUT2D eigenvalue weighted by Crippen LogP contribution is -2.02. The maximum absolute atomic E-state index is 6.20. The second-order valence-corrected chi connectivity index (χ2v) is 10.8. The summed E-state index contributed by atoms with van der Waals surface area (Å²) in [4.78, 5) is 14.9. The standard InChI is InChI=1S/C39H23N3O2/c1-2-10-24(11-3-1)37-40-38(42-39(41-37)26-19-21-35-36(23-26)44-34-17-9-8-16-33(34)43-35)25-18-20-31-29-14-5-4-12-27(29)28-13-6-7-15-30(28)32(31)22-25/h1-23H. The van der Waals surface area contributed by atoms with Crippen LogP contribution in [0.3, 0.4) is 0 Å². The molecule has 0 N–H and O–H groups in total. The molecule has 0 bridgehead atoms. The third kappa shape index (κ3) is 3.98. The number of aromatic nitrogens is 3. The summed E-state index contributed by atoms with van der Waals surface area (Å²) < 4.78 is 12.3. The van der Waals surface area contributed by atoms with E-state index in [0.717, 1.165) is 22.1 Å². The SMILES string of the molecule is c1ccc(-c2nc(-c3ccc4c(c3)Oc3ccccc3O4)nc(-c3ccc4c5ccccc5c5ccccc5c4c3)n2)cc1. The van der Waals surface area contributed by atoms with Crippen molar-refractivity contribution in [2.45, 2.75) is 0 Å². The Morgan fingerprint density at radius 1 is 0.295 bits per heavy atom. The van der Waals surface area contributed by atoms with Crippen molar-refractivity contribution in [1.29, 1.82) is 0 Å². The van der Waals surface area contributed by atoms with Crippen molar-refractivity contribution in [1.82, 2.24) is 15.0 Å². The lowest BCUT2D eigenvalue weighted by atomic mass is 9.93. The predicted molar refractivity (Wildman–Crippen MR) is 175 cm³/mol. The molecule has 1 aliphatic rings. The predicted octanol–water partition coefficient (Wildman–Crippen LogP) is 10.2. The van der Waals surface area contributed by atoms with Crippen molar-refractivity contribution in [2.75, 3.05) is 0 Å². The molecule has 0 fully saturated rings. The van der Waals surface area contributed by atoms with Gasteiger partial charge in [-0.05, 0) is 68.7 Å². The molecule has 0 saturated heterocycles. The topological polar surface area (TPSA) is 57.1 Å². The average Bonchev–Trinajstić information content (AvgIpc) is 3.10. The monoisotopic (exact) mass is 565 g/mol. The van der Waals surface area contributed by atoms with Crippen LogP contribution in [0.15, 0.2) is 140 Å². The Morgan fingerprint density at radius 3 is 1.36 bits per heavy atom. The van der Waals surface area contributed by atoms with Crippen LogP contribution in [0.4, 0.5) is 0 Å². The number of para-hydroxylation sites is 2. The minimum atomic E-state index is 0.558. The molecule has 2 heterocycles. The Bertz CT molecular complexity index is 2370. The molecule has 0 atom stereocenters. The highest BCUT2D eigenvalue weighted by atomic mass is 16.6. The van der Waals surface area contributed by atoms with Crippen LogP contribution in [-0.4, -0.2) is 15.0 Å². The van der Waals surface area contributed by atoms with Gasteiger partial charge < -0.3 is 9.47 Å². The summed E-state index contributed by atoms with van der Waals surface area (Å²) in [6, 6.07) is 47.1. The zero-order valence-electron chi connectivity index (χ0n) is 23.4. The van der Waals surface area contributed by atoms with Gasteiger partial charge in [0.15, 0.2) is 40.5 Å². The Kier molecular flexibility index (Phi) is 5.43. The van der Waals surface area contributed by atoms with Crippen molar-refractivity contribution in [3.63, 3.8) is 0 Å². The molecule has 9 rings (SSSR count). The molecule has 0 aliphatic carbocycles. The number of hydrogen-bond acceptors (Lipinski definition) is 5. The largest absolute Gasteiger partial charge is 0.450 e. The number of benzene rings is 7. The van der Waals surface area contributed by atoms with Gasteiger partial charge in [-0.25, -0.2) is 15.0 Å². The van der Waals surface area contributed by atoms with E-state index in [9.17, 15) is 0 Å². The molecular weight excluding hydrogens is 542 g/mol. The first kappa shape index (κ1) is 24.5. The van der Waals surface area contributed by atoms with Gasteiger partial charge in [-0.1, -0.05) is 103 Å². The summed E-state index contributed by atoms with van der Waals surface area (Å²) in [6.45, 7) is 0. The van der Waals surface area contributed by atoms with Crippen LogP contribution in [-0.2, 0) is 0 Å². The van der Waals surface area contributed by atoms with Gasteiger partial charge in [0, 0.05) is 16.7 Å². The lowest BCUT2D eigenvalue weighted by molar-refractivity contribution is 0.360. The molecule has 206 valence electrons. The third-order valence-corrected chi connectivity index (χ3v) is 8.16. The zero-order valence-corrected chi connectivity index (χ0v) is 23.4. The van der Waals surface area contributed by atoms with E-state index in [0.29, 0.717) is 40.5 Å². The van der Waals surface area contributed by atoms with Gasteiger partial charge in [-0.15, -0.1) is 0 Å². The molecule has 0 spiro atoms. The smallest absolute Gasteiger partial charge is 0.170 e. The van der Waals surface area contributed by atoms with Crippen LogP contribution < -0.4 is 9.47 Å². The number of fused-ring (bicyclic) bond motifs is 8. The highest BCUT2D eigenvalue weighted by molar-refractivity contribution is 6.25. The quantitative estimate of drug-likeness (QED) is 0.200. The van der Waals surface area contributed by atoms with Crippen molar-refractivity contribution in [3.05, 3.63) is 140 Å². The first-order valence-corrected chi connectivity index (χ1v) is 14.5. The van der Waals surface area contributed by atoms with Crippen LogP contribution >= 0.6 is 0 Å². The van der Waals surface area contributed by atoms with Gasteiger partial charge in [0.25, 0.3) is 0 Å². The number of ether oxygens (including phenoxy) is 2. The first-order valence-electron chi connectivity index (χ1n) is 14.5. The summed E-state index contributed by atoms with van der Waals surface area (Å²) in [7, 11) is 0. The molecular formula is C39H23N3O2. The molecule has 44 heavy (non-hydrogen) atoms. The fourth-order valence-electron chi connectivity index (χ4n) is 6.06. The second-order valence-electron chi connectivity index (χ2n) is 10.8. The summed E-state index contributed by atoms with van der Waals surface area (Å²) in [5, 5.41) is 7.27. The van der Waals surface area contributed by atoms with Crippen LogP contribution in [0.1, 0.15) is 0 Å². The summed E-state index contributed by atoms with van der Waals surface area (Å²) in [5.74, 6) is 4.41. The Morgan fingerprint density at radius 2 is 0.727 bits per heavy atom. The third-order valence-electron chi connectivity index (χ3n) is 8.16. The molecule has 7 aromatic carbocycles. The molecule has 8 aromatic rings. The van der Waals surface area contributed by atoms with Gasteiger partial charge >= 0.3 is 0 Å². The first-order chi connectivity index (χ1) is 21.8. The van der Waals surface area contributed by atoms with Crippen LogP contribution in [0.25, 0.3) is 66.5 Å². The summed E-state index contributed by atoms with van der Waals surface area (Å²) in [5.41, 5.74) is 2.65. The van der Waals surface area contributed by atoms with Gasteiger partial charge in [0.1, 0.15) is 0 Å². The van der Waals surface area contributed by atoms with E-state index in [1.165, 1.54) is 26.9 Å². The van der Waals surface area contributed by atoms with E-state index in [1.807, 2.05) is 72.8 Å². The fraction of sp³-hybridized carbons (Fsp3) is 0. The number of rotatable bonds is 3. The lowest BCUT2D eigenvalue weighted by Gasteiger charge is -2.20. The number of hydrogen-bond donors (Lipinski definition) is 0. The van der Waals surface area contributed by atoms with Crippen molar-refractivity contribution in [2.24, 2.45) is 0 Å². The van der Waals surface area contributed by atoms with Gasteiger partial charge in [0.05, 0.1) is 0 Å². The molecule has 1 aliphatic heterocycles. The molecule has 0 unspecified atom stereocenters. The second kappa shape index (κ2) is 9.75. The van der Waals surface area contributed by atoms with E-state index >= 15 is 0 Å². The van der Waals surface area contributed by atoms with E-state index in [2.05, 4.69) is 66.7 Å². The zero-order chi connectivity index (χ0) is 29.0. The van der Waals surface area contributed by atoms with Gasteiger partial charge in [0.2, 0.25) is 0 Å².